The van der Waals surface area contributed by atoms with Gasteiger partial charge in [-0.2, -0.15) is 0 Å². The molecule has 0 unspecified atom stereocenters. The fourth-order valence-corrected chi connectivity index (χ4v) is 2.79. The van der Waals surface area contributed by atoms with E-state index in [2.05, 4.69) is 0 Å². The van der Waals surface area contributed by atoms with Gasteiger partial charge in [0.2, 0.25) is 6.41 Å². The molecule has 2 atom stereocenters. The minimum Gasteiger partial charge on any atom is -0.434 e. The Morgan fingerprint density at radius 2 is 2.24 bits per heavy atom. The summed E-state index contributed by atoms with van der Waals surface area (Å²) in [6.45, 7) is 2.07. The number of amides is 3. The molecule has 1 saturated heterocycles. The van der Waals surface area contributed by atoms with Crippen LogP contribution in [0.5, 0.6) is 0 Å². The second-order valence-corrected chi connectivity index (χ2v) is 5.26. The van der Waals surface area contributed by atoms with Gasteiger partial charge in [0.25, 0.3) is 5.91 Å². The molecule has 0 bridgehead atoms. The zero-order chi connectivity index (χ0) is 15.1. The quantitative estimate of drug-likeness (QED) is 0.815. The number of ether oxygens (including phenoxy) is 1. The number of nitrogens with two attached hydrogens (primary N) is 1. The largest absolute Gasteiger partial charge is 0.434 e. The van der Waals surface area contributed by atoms with Crippen molar-refractivity contribution in [2.45, 2.75) is 25.5 Å². The SMILES string of the molecule is C[C@@H]1Cc2cc(N3C[C@H](C(N)=O)OC3=O)ccc2N1C=O. The van der Waals surface area contributed by atoms with Crippen LogP contribution in [0.4, 0.5) is 16.2 Å². The second-order valence-electron chi connectivity index (χ2n) is 5.26. The van der Waals surface area contributed by atoms with Gasteiger partial charge in [-0.15, -0.1) is 0 Å². The Morgan fingerprint density at radius 3 is 2.86 bits per heavy atom. The molecule has 0 spiro atoms. The number of hydrogen-bond donors (Lipinski definition) is 1. The fourth-order valence-electron chi connectivity index (χ4n) is 2.79. The second kappa shape index (κ2) is 4.76. The van der Waals surface area contributed by atoms with Crippen molar-refractivity contribution in [1.82, 2.24) is 0 Å². The number of carbonyl (C=O) groups is 3. The third-order valence-corrected chi connectivity index (χ3v) is 3.89. The molecule has 1 aromatic rings. The molecule has 2 N–H and O–H groups in total. The van der Waals surface area contributed by atoms with E-state index < -0.39 is 18.1 Å². The highest BCUT2D eigenvalue weighted by Gasteiger charge is 2.36. The third-order valence-electron chi connectivity index (χ3n) is 3.89. The summed E-state index contributed by atoms with van der Waals surface area (Å²) >= 11 is 0. The molecule has 21 heavy (non-hydrogen) atoms. The van der Waals surface area contributed by atoms with Crippen LogP contribution in [0.2, 0.25) is 0 Å². The van der Waals surface area contributed by atoms with Gasteiger partial charge >= 0.3 is 6.09 Å². The van der Waals surface area contributed by atoms with Crippen molar-refractivity contribution in [3.05, 3.63) is 23.8 Å². The van der Waals surface area contributed by atoms with Gasteiger partial charge in [0.1, 0.15) is 0 Å². The van der Waals surface area contributed by atoms with E-state index in [1.54, 1.807) is 17.0 Å². The normalized spacial score (nSPS) is 24.0. The molecular weight excluding hydrogens is 274 g/mol. The van der Waals surface area contributed by atoms with Gasteiger partial charge in [0.15, 0.2) is 6.10 Å². The van der Waals surface area contributed by atoms with Crippen LogP contribution in [0.15, 0.2) is 18.2 Å². The van der Waals surface area contributed by atoms with E-state index in [0.29, 0.717) is 5.69 Å². The topological polar surface area (TPSA) is 92.9 Å². The van der Waals surface area contributed by atoms with E-state index in [1.807, 2.05) is 13.0 Å². The van der Waals surface area contributed by atoms with Crippen LogP contribution in [0.1, 0.15) is 12.5 Å². The summed E-state index contributed by atoms with van der Waals surface area (Å²) in [5.41, 5.74) is 7.63. The summed E-state index contributed by atoms with van der Waals surface area (Å²) in [6, 6.07) is 5.47. The summed E-state index contributed by atoms with van der Waals surface area (Å²) in [6.07, 6.45) is 0.0289. The van der Waals surface area contributed by atoms with Gasteiger partial charge in [-0.05, 0) is 37.1 Å². The predicted octanol–water partition coefficient (Wildman–Crippen LogP) is 0.404. The molecule has 2 heterocycles. The Kier molecular flexibility index (Phi) is 3.04. The number of hydrogen-bond acceptors (Lipinski definition) is 4. The average Bonchev–Trinajstić information content (AvgIpc) is 2.97. The Balaban J connectivity index is 1.89. The van der Waals surface area contributed by atoms with Gasteiger partial charge in [-0.25, -0.2) is 4.79 Å². The highest BCUT2D eigenvalue weighted by molar-refractivity contribution is 5.95. The molecule has 7 heteroatoms. The van der Waals surface area contributed by atoms with Crippen LogP contribution in [0.3, 0.4) is 0 Å². The molecular formula is C14H15N3O4. The summed E-state index contributed by atoms with van der Waals surface area (Å²) in [4.78, 5) is 37.0. The van der Waals surface area contributed by atoms with Crippen molar-refractivity contribution in [3.8, 4) is 0 Å². The van der Waals surface area contributed by atoms with Crippen LogP contribution in [-0.2, 0) is 20.7 Å². The fraction of sp³-hybridized carbons (Fsp3) is 0.357. The van der Waals surface area contributed by atoms with Crippen LogP contribution < -0.4 is 15.5 Å². The summed E-state index contributed by atoms with van der Waals surface area (Å²) in [5, 5.41) is 0. The number of benzene rings is 1. The van der Waals surface area contributed by atoms with E-state index in [-0.39, 0.29) is 12.6 Å². The molecule has 3 rings (SSSR count). The van der Waals surface area contributed by atoms with Gasteiger partial charge in [0.05, 0.1) is 6.54 Å². The van der Waals surface area contributed by atoms with E-state index in [9.17, 15) is 14.4 Å². The Bertz CT molecular complexity index is 631. The predicted molar refractivity (Wildman–Crippen MR) is 75.0 cm³/mol. The minimum atomic E-state index is -0.920. The standard InChI is InChI=1S/C14H15N3O4/c1-8-4-9-5-10(2-3-11(9)17(8)7-18)16-6-12(13(15)19)21-14(16)20/h2-3,5,7-8,12H,4,6H2,1H3,(H2,15,19)/t8-,12-/m1/s1. The molecule has 0 radical (unpaired) electrons. The Hall–Kier alpha value is -2.57. The summed E-state index contributed by atoms with van der Waals surface area (Å²) < 4.78 is 4.92. The van der Waals surface area contributed by atoms with Crippen molar-refractivity contribution in [1.29, 1.82) is 0 Å². The number of fused-ring (bicyclic) bond motifs is 1. The van der Waals surface area contributed by atoms with Crippen molar-refractivity contribution in [2.24, 2.45) is 5.73 Å². The summed E-state index contributed by atoms with van der Waals surface area (Å²) in [5.74, 6) is -0.659. The van der Waals surface area contributed by atoms with E-state index in [4.69, 9.17) is 10.5 Å². The van der Waals surface area contributed by atoms with Crippen molar-refractivity contribution >= 4 is 29.8 Å². The van der Waals surface area contributed by atoms with Crippen LogP contribution in [0.25, 0.3) is 0 Å². The molecule has 0 saturated carbocycles. The van der Waals surface area contributed by atoms with E-state index in [0.717, 1.165) is 24.1 Å². The maximum absolute atomic E-state index is 11.8. The van der Waals surface area contributed by atoms with Gasteiger partial charge in [-0.1, -0.05) is 0 Å². The first-order valence-corrected chi connectivity index (χ1v) is 6.65. The zero-order valence-corrected chi connectivity index (χ0v) is 11.5. The molecule has 1 fully saturated rings. The average molecular weight is 289 g/mol. The van der Waals surface area contributed by atoms with Gasteiger partial charge in [0, 0.05) is 17.4 Å². The molecule has 110 valence electrons. The van der Waals surface area contributed by atoms with Crippen molar-refractivity contribution in [2.75, 3.05) is 16.3 Å². The Morgan fingerprint density at radius 1 is 1.48 bits per heavy atom. The molecule has 2 aliphatic rings. The number of anilines is 2. The van der Waals surface area contributed by atoms with Crippen LogP contribution in [-0.4, -0.2) is 37.1 Å². The van der Waals surface area contributed by atoms with Gasteiger partial charge in [-0.3, -0.25) is 14.5 Å². The number of cyclic esters (lactones) is 1. The molecule has 0 aliphatic carbocycles. The third kappa shape index (κ3) is 2.10. The molecule has 3 amide bonds. The van der Waals surface area contributed by atoms with Gasteiger partial charge < -0.3 is 15.4 Å². The lowest BCUT2D eigenvalue weighted by Gasteiger charge is -2.17. The zero-order valence-electron chi connectivity index (χ0n) is 11.5. The highest BCUT2D eigenvalue weighted by atomic mass is 16.6. The number of rotatable bonds is 3. The number of primary amides is 1. The minimum absolute atomic E-state index is 0.0941. The highest BCUT2D eigenvalue weighted by Crippen LogP contribution is 2.34. The summed E-state index contributed by atoms with van der Waals surface area (Å²) in [7, 11) is 0. The molecule has 7 nitrogen and oxygen atoms in total. The number of nitrogens with zero attached hydrogens (tertiary/aromatic N) is 2. The molecule has 1 aromatic carbocycles. The Labute approximate surface area is 121 Å². The van der Waals surface area contributed by atoms with E-state index in [1.165, 1.54) is 4.90 Å². The van der Waals surface area contributed by atoms with Crippen molar-refractivity contribution in [3.63, 3.8) is 0 Å². The first-order valence-electron chi connectivity index (χ1n) is 6.65. The van der Waals surface area contributed by atoms with Crippen LogP contribution in [0, 0.1) is 0 Å². The lowest BCUT2D eigenvalue weighted by molar-refractivity contribution is -0.124. The van der Waals surface area contributed by atoms with Crippen molar-refractivity contribution < 1.29 is 19.1 Å². The monoisotopic (exact) mass is 289 g/mol. The first kappa shape index (κ1) is 13.4. The number of carbonyl (C=O) groups excluding carboxylic acids is 3. The smallest absolute Gasteiger partial charge is 0.415 e. The molecule has 2 aliphatic heterocycles. The van der Waals surface area contributed by atoms with Crippen LogP contribution >= 0.6 is 0 Å². The first-order chi connectivity index (χ1) is 10.0. The lowest BCUT2D eigenvalue weighted by Crippen LogP contribution is -2.32. The van der Waals surface area contributed by atoms with E-state index >= 15 is 0 Å². The maximum Gasteiger partial charge on any atom is 0.415 e. The lowest BCUT2D eigenvalue weighted by atomic mass is 10.1. The maximum atomic E-state index is 11.8. The molecule has 0 aromatic heterocycles.